The molecule has 0 saturated heterocycles. The van der Waals surface area contributed by atoms with Crippen LogP contribution in [-0.2, 0) is 20.5 Å². The van der Waals surface area contributed by atoms with Gasteiger partial charge in [0, 0.05) is 13.2 Å². The second kappa shape index (κ2) is 9.08. The number of hydrogen-bond acceptors (Lipinski definition) is 3. The predicted molar refractivity (Wildman–Crippen MR) is 86.1 cm³/mol. The van der Waals surface area contributed by atoms with E-state index in [9.17, 15) is 0 Å². The minimum atomic E-state index is -0.936. The normalized spacial score (nSPS) is 12.2. The summed E-state index contributed by atoms with van der Waals surface area (Å²) >= 11 is 0. The van der Waals surface area contributed by atoms with Gasteiger partial charge in [-0.3, -0.25) is 0 Å². The number of rotatable bonds is 10. The Morgan fingerprint density at radius 1 is 1.20 bits per heavy atom. The number of hydrogen-bond donors (Lipinski definition) is 0. The van der Waals surface area contributed by atoms with E-state index in [0.717, 1.165) is 17.5 Å². The average Bonchev–Trinajstić information content (AvgIpc) is 2.48. The Kier molecular flexibility index (Phi) is 7.77. The molecule has 0 fully saturated rings. The van der Waals surface area contributed by atoms with Gasteiger partial charge in [0.2, 0.25) is 9.76 Å². The van der Waals surface area contributed by atoms with Gasteiger partial charge in [0.15, 0.2) is 5.41 Å². The van der Waals surface area contributed by atoms with Crippen LogP contribution >= 0.6 is 0 Å². The lowest BCUT2D eigenvalue weighted by atomic mass is 10.1. The maximum absolute atomic E-state index is 5.94. The highest BCUT2D eigenvalue weighted by Crippen LogP contribution is 2.18. The molecule has 0 amide bonds. The second-order valence-corrected chi connectivity index (χ2v) is 6.35. The van der Waals surface area contributed by atoms with E-state index in [1.54, 1.807) is 0 Å². The van der Waals surface area contributed by atoms with Gasteiger partial charge in [0.05, 0.1) is 6.61 Å². The molecule has 20 heavy (non-hydrogen) atoms. The average molecular weight is 294 g/mol. The van der Waals surface area contributed by atoms with Gasteiger partial charge >= 0.3 is 0 Å². The lowest BCUT2D eigenvalue weighted by Gasteiger charge is -2.31. The van der Waals surface area contributed by atoms with E-state index in [1.807, 2.05) is 32.1 Å². The molecule has 3 nitrogen and oxygen atoms in total. The lowest BCUT2D eigenvalue weighted by molar-refractivity contribution is -0.183. The predicted octanol–water partition coefficient (Wildman–Crippen LogP) is 3.07. The standard InChI is InChI=1S/C16H26O3Si/c1-5-14-10-9-11-15(12-14)13-19-20-16(6-2,17-7-3)18-8-4/h5,9-12H,1,6-8,13,20H2,2-4H3. The van der Waals surface area contributed by atoms with E-state index in [1.165, 1.54) is 0 Å². The Labute approximate surface area is 124 Å². The Hall–Kier alpha value is -0.943. The quantitative estimate of drug-likeness (QED) is 0.490. The molecule has 0 N–H and O–H groups in total. The van der Waals surface area contributed by atoms with Gasteiger partial charge in [-0.05, 0) is 37.5 Å². The Morgan fingerprint density at radius 2 is 1.90 bits per heavy atom. The van der Waals surface area contributed by atoms with Crippen molar-refractivity contribution in [3.8, 4) is 0 Å². The minimum absolute atomic E-state index is 0.487. The molecule has 0 aliphatic carbocycles. The molecule has 0 saturated carbocycles. The highest BCUT2D eigenvalue weighted by atomic mass is 28.2. The van der Waals surface area contributed by atoms with E-state index in [4.69, 9.17) is 13.9 Å². The van der Waals surface area contributed by atoms with Gasteiger partial charge in [-0.1, -0.05) is 37.8 Å². The van der Waals surface area contributed by atoms with Crippen LogP contribution in [0.1, 0.15) is 38.3 Å². The zero-order chi connectivity index (χ0) is 14.8. The maximum atomic E-state index is 5.94. The summed E-state index contributed by atoms with van der Waals surface area (Å²) in [4.78, 5) is 0. The highest BCUT2D eigenvalue weighted by molar-refractivity contribution is 6.31. The van der Waals surface area contributed by atoms with Crippen LogP contribution in [-0.4, -0.2) is 28.4 Å². The molecule has 0 aliphatic heterocycles. The Balaban J connectivity index is 2.56. The zero-order valence-electron chi connectivity index (χ0n) is 12.9. The minimum Gasteiger partial charge on any atom is -0.414 e. The van der Waals surface area contributed by atoms with Gasteiger partial charge in [0.25, 0.3) is 0 Å². The number of ether oxygens (including phenoxy) is 2. The fourth-order valence-corrected chi connectivity index (χ4v) is 3.52. The van der Waals surface area contributed by atoms with Crippen molar-refractivity contribution in [3.63, 3.8) is 0 Å². The van der Waals surface area contributed by atoms with Crippen LogP contribution in [0.5, 0.6) is 0 Å². The third-order valence-corrected chi connectivity index (χ3v) is 4.89. The van der Waals surface area contributed by atoms with E-state index < -0.39 is 15.2 Å². The van der Waals surface area contributed by atoms with Gasteiger partial charge in [-0.25, -0.2) is 0 Å². The van der Waals surface area contributed by atoms with E-state index in [-0.39, 0.29) is 0 Å². The van der Waals surface area contributed by atoms with E-state index in [2.05, 4.69) is 25.6 Å². The molecule has 0 spiro atoms. The van der Waals surface area contributed by atoms with Crippen LogP contribution in [0.2, 0.25) is 0 Å². The molecule has 4 heteroatoms. The van der Waals surface area contributed by atoms with Gasteiger partial charge in [0.1, 0.15) is 0 Å². The van der Waals surface area contributed by atoms with Crippen LogP contribution in [0, 0.1) is 0 Å². The highest BCUT2D eigenvalue weighted by Gasteiger charge is 2.30. The molecule has 0 bridgehead atoms. The molecule has 1 aromatic rings. The van der Waals surface area contributed by atoms with Crippen molar-refractivity contribution in [3.05, 3.63) is 42.0 Å². The molecular weight excluding hydrogens is 268 g/mol. The molecule has 0 aliphatic rings. The summed E-state index contributed by atoms with van der Waals surface area (Å²) in [6.45, 7) is 11.8. The summed E-state index contributed by atoms with van der Waals surface area (Å²) in [5.41, 5.74) is 1.79. The molecule has 0 atom stereocenters. The zero-order valence-corrected chi connectivity index (χ0v) is 14.3. The van der Waals surface area contributed by atoms with Gasteiger partial charge < -0.3 is 13.9 Å². The lowest BCUT2D eigenvalue weighted by Crippen LogP contribution is -2.43. The van der Waals surface area contributed by atoms with Crippen LogP contribution in [0.3, 0.4) is 0 Å². The first kappa shape index (κ1) is 17.1. The first-order valence-corrected chi connectivity index (χ1v) is 8.55. The third-order valence-electron chi connectivity index (χ3n) is 3.13. The summed E-state index contributed by atoms with van der Waals surface area (Å²) in [6.07, 6.45) is 2.67. The molecule has 0 heterocycles. The monoisotopic (exact) mass is 294 g/mol. The van der Waals surface area contributed by atoms with E-state index >= 15 is 0 Å². The third kappa shape index (κ3) is 5.21. The van der Waals surface area contributed by atoms with Crippen molar-refractivity contribution < 1.29 is 13.9 Å². The molecule has 1 rings (SSSR count). The first-order chi connectivity index (χ1) is 9.69. The first-order valence-electron chi connectivity index (χ1n) is 7.26. The number of benzene rings is 1. The Bertz CT molecular complexity index is 400. The van der Waals surface area contributed by atoms with Crippen LogP contribution in [0.15, 0.2) is 30.8 Å². The van der Waals surface area contributed by atoms with Gasteiger partial charge in [-0.15, -0.1) is 0 Å². The van der Waals surface area contributed by atoms with Crippen LogP contribution in [0.25, 0.3) is 6.08 Å². The molecular formula is C16H26O3Si. The van der Waals surface area contributed by atoms with Gasteiger partial charge in [-0.2, -0.15) is 0 Å². The summed E-state index contributed by atoms with van der Waals surface area (Å²) in [5, 5.41) is 0. The van der Waals surface area contributed by atoms with Crippen molar-refractivity contribution in [2.24, 2.45) is 0 Å². The largest absolute Gasteiger partial charge is 0.414 e. The van der Waals surface area contributed by atoms with Crippen molar-refractivity contribution in [2.75, 3.05) is 13.2 Å². The summed E-state index contributed by atoms with van der Waals surface area (Å²) in [6, 6.07) is 8.22. The van der Waals surface area contributed by atoms with Crippen LogP contribution in [0.4, 0.5) is 0 Å². The SMILES string of the molecule is C=Cc1cccc(CO[SiH2]C(CC)(OCC)OCC)c1. The Morgan fingerprint density at radius 3 is 2.45 bits per heavy atom. The van der Waals surface area contributed by atoms with E-state index in [0.29, 0.717) is 19.8 Å². The molecule has 0 unspecified atom stereocenters. The summed E-state index contributed by atoms with van der Waals surface area (Å²) in [7, 11) is -0.936. The van der Waals surface area contributed by atoms with Crippen molar-refractivity contribution in [1.82, 2.24) is 0 Å². The van der Waals surface area contributed by atoms with Crippen molar-refractivity contribution >= 4 is 15.8 Å². The summed E-state index contributed by atoms with van der Waals surface area (Å²) in [5.74, 6) is 0. The second-order valence-electron chi connectivity index (χ2n) is 4.57. The molecule has 112 valence electrons. The van der Waals surface area contributed by atoms with Crippen molar-refractivity contribution in [1.29, 1.82) is 0 Å². The fraction of sp³-hybridized carbons (Fsp3) is 0.500. The summed E-state index contributed by atoms with van der Waals surface area (Å²) < 4.78 is 17.5. The smallest absolute Gasteiger partial charge is 0.228 e. The maximum Gasteiger partial charge on any atom is 0.228 e. The molecule has 0 aromatic heterocycles. The topological polar surface area (TPSA) is 27.7 Å². The molecule has 0 radical (unpaired) electrons. The van der Waals surface area contributed by atoms with Crippen LogP contribution < -0.4 is 0 Å². The molecule has 1 aromatic carbocycles. The van der Waals surface area contributed by atoms with Crippen molar-refractivity contribution in [2.45, 2.75) is 39.2 Å². The fourth-order valence-electron chi connectivity index (χ4n) is 2.09.